The van der Waals surface area contributed by atoms with Crippen LogP contribution in [0.1, 0.15) is 6.92 Å². The molecule has 2 N–H and O–H groups in total. The van der Waals surface area contributed by atoms with Crippen LogP contribution in [0, 0.1) is 12.3 Å². The van der Waals surface area contributed by atoms with E-state index in [0.29, 0.717) is 16.2 Å². The van der Waals surface area contributed by atoms with Gasteiger partial charge in [0.05, 0.1) is 23.7 Å². The molecule has 0 radical (unpaired) electrons. The number of hydrogen-bond acceptors (Lipinski definition) is 5. The quantitative estimate of drug-likeness (QED) is 0.410. The van der Waals surface area contributed by atoms with Crippen LogP contribution in [0.2, 0.25) is 0 Å². The maximum absolute atomic E-state index is 12.3. The van der Waals surface area contributed by atoms with Crippen molar-refractivity contribution >= 4 is 28.7 Å². The Labute approximate surface area is 147 Å². The third kappa shape index (κ3) is 3.56. The molecule has 0 aliphatic heterocycles. The van der Waals surface area contributed by atoms with Gasteiger partial charge < -0.3 is 10.3 Å². The van der Waals surface area contributed by atoms with Crippen LogP contribution in [-0.2, 0) is 4.79 Å². The fourth-order valence-corrected chi connectivity index (χ4v) is 3.03. The molecule has 1 atom stereocenters. The second-order valence-corrected chi connectivity index (χ2v) is 6.51. The molecule has 1 aromatic carbocycles. The Morgan fingerprint density at radius 3 is 2.92 bits per heavy atom. The molecule has 2 aromatic heterocycles. The fourth-order valence-electron chi connectivity index (χ4n) is 2.22. The standard InChI is InChI=1S/C17H15N5O2S/c1-3-9-18-15(23)11(2)25-17-20-14-13(16(24)21-17)10-19-22(14)12-7-5-4-6-8-12/h1,4-8,10-11H,9H2,2H3,(H,18,23)(H,20,21,24). The molecule has 0 saturated heterocycles. The van der Waals surface area contributed by atoms with E-state index in [1.165, 1.54) is 6.20 Å². The van der Waals surface area contributed by atoms with Crippen molar-refractivity contribution in [1.82, 2.24) is 25.1 Å². The van der Waals surface area contributed by atoms with Gasteiger partial charge in [-0.05, 0) is 19.1 Å². The smallest absolute Gasteiger partial charge is 0.262 e. The average Bonchev–Trinajstić information content (AvgIpc) is 3.04. The second kappa shape index (κ2) is 7.23. The van der Waals surface area contributed by atoms with Crippen LogP contribution in [0.15, 0.2) is 46.5 Å². The first-order valence-electron chi connectivity index (χ1n) is 7.51. The number of rotatable bonds is 5. The number of fused-ring (bicyclic) bond motifs is 1. The van der Waals surface area contributed by atoms with Crippen molar-refractivity contribution in [3.05, 3.63) is 46.9 Å². The topological polar surface area (TPSA) is 92.7 Å². The summed E-state index contributed by atoms with van der Waals surface area (Å²) in [5.41, 5.74) is 0.936. The first-order valence-corrected chi connectivity index (χ1v) is 8.39. The zero-order valence-corrected chi connectivity index (χ0v) is 14.2. The van der Waals surface area contributed by atoms with Gasteiger partial charge in [-0.1, -0.05) is 35.9 Å². The molecule has 3 rings (SSSR count). The number of H-pyrrole nitrogens is 1. The number of amides is 1. The van der Waals surface area contributed by atoms with Crippen molar-refractivity contribution in [1.29, 1.82) is 0 Å². The SMILES string of the molecule is C#CCNC(=O)C(C)Sc1nc2c(cnn2-c2ccccc2)c(=O)[nH]1. The summed E-state index contributed by atoms with van der Waals surface area (Å²) >= 11 is 1.15. The molecule has 7 nitrogen and oxygen atoms in total. The van der Waals surface area contributed by atoms with Gasteiger partial charge >= 0.3 is 0 Å². The van der Waals surface area contributed by atoms with E-state index < -0.39 is 5.25 Å². The van der Waals surface area contributed by atoms with Gasteiger partial charge in [-0.15, -0.1) is 6.42 Å². The van der Waals surface area contributed by atoms with Gasteiger partial charge in [0.1, 0.15) is 5.39 Å². The molecule has 0 aliphatic carbocycles. The van der Waals surface area contributed by atoms with E-state index >= 15 is 0 Å². The molecule has 0 spiro atoms. The number of hydrogen-bond donors (Lipinski definition) is 2. The summed E-state index contributed by atoms with van der Waals surface area (Å²) in [5.74, 6) is 2.13. The lowest BCUT2D eigenvalue weighted by Gasteiger charge is -2.10. The van der Waals surface area contributed by atoms with Crippen molar-refractivity contribution in [2.24, 2.45) is 0 Å². The van der Waals surface area contributed by atoms with Crippen molar-refractivity contribution < 1.29 is 4.79 Å². The molecular formula is C17H15N5O2S. The summed E-state index contributed by atoms with van der Waals surface area (Å²) in [6.45, 7) is 1.88. The molecule has 1 amide bonds. The Kier molecular flexibility index (Phi) is 4.86. The minimum atomic E-state index is -0.456. The Bertz CT molecular complexity index is 1000. The van der Waals surface area contributed by atoms with E-state index in [1.54, 1.807) is 11.6 Å². The molecule has 1 unspecified atom stereocenters. The number of terminal acetylenes is 1. The maximum atomic E-state index is 12.3. The Balaban J connectivity index is 1.94. The number of aromatic amines is 1. The number of nitrogens with one attached hydrogen (secondary N) is 2. The third-order valence-corrected chi connectivity index (χ3v) is 4.42. The van der Waals surface area contributed by atoms with Crippen LogP contribution in [0.4, 0.5) is 0 Å². The fraction of sp³-hybridized carbons (Fsp3) is 0.176. The number of carbonyl (C=O) groups is 1. The molecule has 0 aliphatic rings. The molecule has 25 heavy (non-hydrogen) atoms. The molecule has 0 saturated carbocycles. The van der Waals surface area contributed by atoms with E-state index in [0.717, 1.165) is 17.4 Å². The third-order valence-electron chi connectivity index (χ3n) is 3.44. The van der Waals surface area contributed by atoms with Crippen LogP contribution in [0.3, 0.4) is 0 Å². The highest BCUT2D eigenvalue weighted by atomic mass is 32.2. The number of aromatic nitrogens is 4. The monoisotopic (exact) mass is 353 g/mol. The van der Waals surface area contributed by atoms with E-state index in [9.17, 15) is 9.59 Å². The van der Waals surface area contributed by atoms with Gasteiger partial charge in [-0.2, -0.15) is 5.10 Å². The first-order chi connectivity index (χ1) is 12.1. The lowest BCUT2D eigenvalue weighted by Crippen LogP contribution is -2.31. The molecule has 8 heteroatoms. The van der Waals surface area contributed by atoms with Crippen molar-refractivity contribution in [3.8, 4) is 18.0 Å². The minimum Gasteiger partial charge on any atom is -0.344 e. The predicted molar refractivity (Wildman–Crippen MR) is 96.6 cm³/mol. The molecule has 126 valence electrons. The molecule has 3 aromatic rings. The average molecular weight is 353 g/mol. The van der Waals surface area contributed by atoms with E-state index in [4.69, 9.17) is 6.42 Å². The van der Waals surface area contributed by atoms with Crippen molar-refractivity contribution in [2.75, 3.05) is 6.54 Å². The second-order valence-electron chi connectivity index (χ2n) is 5.18. The zero-order valence-electron chi connectivity index (χ0n) is 13.4. The zero-order chi connectivity index (χ0) is 17.8. The summed E-state index contributed by atoms with van der Waals surface area (Å²) < 4.78 is 1.59. The number of carbonyl (C=O) groups excluding carboxylic acids is 1. The van der Waals surface area contributed by atoms with Crippen LogP contribution < -0.4 is 10.9 Å². The summed E-state index contributed by atoms with van der Waals surface area (Å²) in [7, 11) is 0. The van der Waals surface area contributed by atoms with Crippen LogP contribution in [0.5, 0.6) is 0 Å². The minimum absolute atomic E-state index is 0.160. The summed E-state index contributed by atoms with van der Waals surface area (Å²) in [6.07, 6.45) is 6.61. The van der Waals surface area contributed by atoms with Gasteiger partial charge in [0.25, 0.3) is 5.56 Å². The number of para-hydroxylation sites is 1. The lowest BCUT2D eigenvalue weighted by molar-refractivity contribution is -0.120. The maximum Gasteiger partial charge on any atom is 0.262 e. The Hall–Kier alpha value is -3.05. The molecule has 0 bridgehead atoms. The number of thioether (sulfide) groups is 1. The van der Waals surface area contributed by atoms with E-state index in [2.05, 4.69) is 26.3 Å². The highest BCUT2D eigenvalue weighted by Crippen LogP contribution is 2.21. The summed E-state index contributed by atoms with van der Waals surface area (Å²) in [4.78, 5) is 31.3. The van der Waals surface area contributed by atoms with Gasteiger partial charge in [0, 0.05) is 0 Å². The van der Waals surface area contributed by atoms with Gasteiger partial charge in [0.2, 0.25) is 5.91 Å². The highest BCUT2D eigenvalue weighted by Gasteiger charge is 2.17. The lowest BCUT2D eigenvalue weighted by atomic mass is 10.3. The number of nitrogens with zero attached hydrogens (tertiary/aromatic N) is 3. The predicted octanol–water partition coefficient (Wildman–Crippen LogP) is 1.34. The summed E-state index contributed by atoms with van der Waals surface area (Å²) in [5, 5.41) is 7.13. The van der Waals surface area contributed by atoms with Crippen LogP contribution in [0.25, 0.3) is 16.7 Å². The van der Waals surface area contributed by atoms with E-state index in [-0.39, 0.29) is 18.0 Å². The van der Waals surface area contributed by atoms with Gasteiger partial charge in [-0.3, -0.25) is 9.59 Å². The largest absolute Gasteiger partial charge is 0.344 e. The highest BCUT2D eigenvalue weighted by molar-refractivity contribution is 8.00. The van der Waals surface area contributed by atoms with Gasteiger partial charge in [-0.25, -0.2) is 9.67 Å². The van der Waals surface area contributed by atoms with Crippen LogP contribution in [-0.4, -0.2) is 37.5 Å². The normalized spacial score (nSPS) is 11.8. The van der Waals surface area contributed by atoms with Crippen LogP contribution >= 0.6 is 11.8 Å². The molecule has 0 fully saturated rings. The molecule has 2 heterocycles. The van der Waals surface area contributed by atoms with Gasteiger partial charge in [0.15, 0.2) is 10.8 Å². The summed E-state index contributed by atoms with van der Waals surface area (Å²) in [6, 6.07) is 9.40. The Morgan fingerprint density at radius 2 is 2.20 bits per heavy atom. The number of benzene rings is 1. The van der Waals surface area contributed by atoms with Crippen molar-refractivity contribution in [3.63, 3.8) is 0 Å². The Morgan fingerprint density at radius 1 is 1.44 bits per heavy atom. The van der Waals surface area contributed by atoms with Crippen molar-refractivity contribution in [2.45, 2.75) is 17.3 Å². The molecular weight excluding hydrogens is 338 g/mol. The first kappa shape index (κ1) is 16.8. The van der Waals surface area contributed by atoms with E-state index in [1.807, 2.05) is 30.3 Å².